The van der Waals surface area contributed by atoms with E-state index in [9.17, 15) is 18.4 Å². The second-order valence-corrected chi connectivity index (χ2v) is 9.30. The molecule has 1 aliphatic heterocycles. The molecule has 2 aromatic rings. The SMILES string of the molecule is CN(C(=O)Nc1cnc(-c2cc(F)cc(F)c2)s1)C1CCN(C(=O)C2CCCC2)CC1. The number of carbonyl (C=O) groups excluding carboxylic acids is 2. The third-order valence-electron chi connectivity index (χ3n) is 6.19. The van der Waals surface area contributed by atoms with Crippen molar-refractivity contribution in [3.63, 3.8) is 0 Å². The highest BCUT2D eigenvalue weighted by Crippen LogP contribution is 2.31. The number of nitrogens with one attached hydrogen (secondary N) is 1. The summed E-state index contributed by atoms with van der Waals surface area (Å²) >= 11 is 1.16. The first-order chi connectivity index (χ1) is 14.9. The molecule has 1 aliphatic carbocycles. The zero-order chi connectivity index (χ0) is 22.0. The fourth-order valence-electron chi connectivity index (χ4n) is 4.41. The van der Waals surface area contributed by atoms with Gasteiger partial charge in [-0.25, -0.2) is 18.6 Å². The number of halogens is 2. The summed E-state index contributed by atoms with van der Waals surface area (Å²) in [5, 5.41) is 3.74. The van der Waals surface area contributed by atoms with Gasteiger partial charge in [0.1, 0.15) is 21.6 Å². The van der Waals surface area contributed by atoms with Crippen molar-refractivity contribution in [2.75, 3.05) is 25.5 Å². The Bertz CT molecular complexity index is 932. The summed E-state index contributed by atoms with van der Waals surface area (Å²) in [6.45, 7) is 1.35. The molecule has 9 heteroatoms. The van der Waals surface area contributed by atoms with E-state index in [1.165, 1.54) is 18.3 Å². The molecule has 0 spiro atoms. The number of likely N-dealkylation sites (tertiary alicyclic amines) is 1. The molecule has 0 bridgehead atoms. The Morgan fingerprint density at radius 3 is 2.39 bits per heavy atom. The molecule has 2 heterocycles. The predicted molar refractivity (Wildman–Crippen MR) is 116 cm³/mol. The molecule has 166 valence electrons. The lowest BCUT2D eigenvalue weighted by Crippen LogP contribution is -2.49. The normalized spacial score (nSPS) is 17.7. The number of nitrogens with zero attached hydrogens (tertiary/aromatic N) is 3. The minimum Gasteiger partial charge on any atom is -0.342 e. The number of benzene rings is 1. The van der Waals surface area contributed by atoms with Crippen LogP contribution in [0.4, 0.5) is 18.6 Å². The molecule has 2 fully saturated rings. The molecule has 0 unspecified atom stereocenters. The van der Waals surface area contributed by atoms with E-state index in [1.54, 1.807) is 11.9 Å². The maximum Gasteiger partial charge on any atom is 0.322 e. The third-order valence-corrected chi connectivity index (χ3v) is 7.16. The van der Waals surface area contributed by atoms with Gasteiger partial charge in [0.25, 0.3) is 0 Å². The molecule has 31 heavy (non-hydrogen) atoms. The second kappa shape index (κ2) is 9.30. The van der Waals surface area contributed by atoms with Crippen LogP contribution in [0.25, 0.3) is 10.6 Å². The fraction of sp³-hybridized carbons (Fsp3) is 0.500. The van der Waals surface area contributed by atoms with Crippen LogP contribution in [0.2, 0.25) is 0 Å². The van der Waals surface area contributed by atoms with E-state index < -0.39 is 11.6 Å². The third kappa shape index (κ3) is 5.03. The molecule has 1 saturated carbocycles. The summed E-state index contributed by atoms with van der Waals surface area (Å²) in [7, 11) is 1.75. The molecule has 3 amide bonds. The van der Waals surface area contributed by atoms with Crippen LogP contribution in [0.1, 0.15) is 38.5 Å². The first kappa shape index (κ1) is 21.7. The van der Waals surface area contributed by atoms with Crippen molar-refractivity contribution in [1.29, 1.82) is 0 Å². The maximum absolute atomic E-state index is 13.4. The number of amides is 3. The van der Waals surface area contributed by atoms with Crippen LogP contribution >= 0.6 is 11.3 Å². The number of hydrogen-bond donors (Lipinski definition) is 1. The van der Waals surface area contributed by atoms with Gasteiger partial charge in [0.05, 0.1) is 6.20 Å². The molecule has 1 aromatic heterocycles. The van der Waals surface area contributed by atoms with Crippen molar-refractivity contribution in [2.24, 2.45) is 5.92 Å². The first-order valence-corrected chi connectivity index (χ1v) is 11.5. The smallest absolute Gasteiger partial charge is 0.322 e. The number of thiazole rings is 1. The van der Waals surface area contributed by atoms with Crippen LogP contribution in [0.5, 0.6) is 0 Å². The number of hydrogen-bond acceptors (Lipinski definition) is 4. The van der Waals surface area contributed by atoms with Crippen LogP contribution in [0, 0.1) is 17.6 Å². The first-order valence-electron chi connectivity index (χ1n) is 10.7. The molecular weight excluding hydrogens is 422 g/mol. The van der Waals surface area contributed by atoms with E-state index in [-0.39, 0.29) is 23.9 Å². The van der Waals surface area contributed by atoms with Gasteiger partial charge in [-0.05, 0) is 37.8 Å². The average molecular weight is 449 g/mol. The topological polar surface area (TPSA) is 65.5 Å². The quantitative estimate of drug-likeness (QED) is 0.735. The Morgan fingerprint density at radius 2 is 1.74 bits per heavy atom. The van der Waals surface area contributed by atoms with Gasteiger partial charge in [-0.1, -0.05) is 24.2 Å². The largest absolute Gasteiger partial charge is 0.342 e. The average Bonchev–Trinajstić information content (AvgIpc) is 3.44. The molecule has 1 N–H and O–H groups in total. The molecule has 4 rings (SSSR count). The zero-order valence-electron chi connectivity index (χ0n) is 17.4. The highest BCUT2D eigenvalue weighted by molar-refractivity contribution is 7.19. The summed E-state index contributed by atoms with van der Waals surface area (Å²) in [5.41, 5.74) is 0.329. The molecule has 0 radical (unpaired) electrons. The van der Waals surface area contributed by atoms with Crippen LogP contribution in [-0.4, -0.2) is 52.9 Å². The van der Waals surface area contributed by atoms with Crippen molar-refractivity contribution >= 4 is 28.3 Å². The van der Waals surface area contributed by atoms with Gasteiger partial charge in [0, 0.05) is 43.7 Å². The lowest BCUT2D eigenvalue weighted by molar-refractivity contribution is -0.136. The summed E-state index contributed by atoms with van der Waals surface area (Å²) in [4.78, 5) is 33.1. The van der Waals surface area contributed by atoms with E-state index in [1.807, 2.05) is 4.90 Å². The van der Waals surface area contributed by atoms with Crippen LogP contribution in [0.3, 0.4) is 0 Å². The lowest BCUT2D eigenvalue weighted by atomic mass is 10.0. The summed E-state index contributed by atoms with van der Waals surface area (Å²) in [6.07, 6.45) is 7.27. The van der Waals surface area contributed by atoms with E-state index in [0.717, 1.165) is 55.9 Å². The zero-order valence-corrected chi connectivity index (χ0v) is 18.3. The maximum atomic E-state index is 13.4. The van der Waals surface area contributed by atoms with Gasteiger partial charge >= 0.3 is 6.03 Å². The van der Waals surface area contributed by atoms with E-state index in [0.29, 0.717) is 28.7 Å². The highest BCUT2D eigenvalue weighted by Gasteiger charge is 2.32. The van der Waals surface area contributed by atoms with Crippen LogP contribution in [-0.2, 0) is 4.79 Å². The Kier molecular flexibility index (Phi) is 6.50. The Morgan fingerprint density at radius 1 is 1.10 bits per heavy atom. The number of carbonyl (C=O) groups is 2. The van der Waals surface area contributed by atoms with Crippen LogP contribution < -0.4 is 5.32 Å². The van der Waals surface area contributed by atoms with Crippen molar-refractivity contribution in [2.45, 2.75) is 44.6 Å². The second-order valence-electron chi connectivity index (χ2n) is 8.27. The predicted octanol–water partition coefficient (Wildman–Crippen LogP) is 4.73. The summed E-state index contributed by atoms with van der Waals surface area (Å²) in [6, 6.07) is 3.01. The highest BCUT2D eigenvalue weighted by atomic mass is 32.1. The summed E-state index contributed by atoms with van der Waals surface area (Å²) < 4.78 is 26.9. The van der Waals surface area contributed by atoms with Gasteiger partial charge in [-0.2, -0.15) is 0 Å². The van der Waals surface area contributed by atoms with Gasteiger partial charge < -0.3 is 9.80 Å². The molecule has 2 aliphatic rings. The van der Waals surface area contributed by atoms with Crippen molar-refractivity contribution < 1.29 is 18.4 Å². The van der Waals surface area contributed by atoms with Crippen molar-refractivity contribution in [3.8, 4) is 10.6 Å². The Hall–Kier alpha value is -2.55. The number of urea groups is 1. The molecule has 0 atom stereocenters. The minimum absolute atomic E-state index is 0.0531. The minimum atomic E-state index is -0.673. The van der Waals surface area contributed by atoms with Crippen LogP contribution in [0.15, 0.2) is 24.4 Å². The van der Waals surface area contributed by atoms with Gasteiger partial charge in [-0.3, -0.25) is 10.1 Å². The van der Waals surface area contributed by atoms with Crippen molar-refractivity contribution in [1.82, 2.24) is 14.8 Å². The van der Waals surface area contributed by atoms with Gasteiger partial charge in [-0.15, -0.1) is 0 Å². The fourth-order valence-corrected chi connectivity index (χ4v) is 5.20. The number of aromatic nitrogens is 1. The molecule has 6 nitrogen and oxygen atoms in total. The number of anilines is 1. The van der Waals surface area contributed by atoms with E-state index in [4.69, 9.17) is 0 Å². The van der Waals surface area contributed by atoms with E-state index >= 15 is 0 Å². The number of rotatable bonds is 4. The molecule has 1 aromatic carbocycles. The summed E-state index contributed by atoms with van der Waals surface area (Å²) in [5.74, 6) is -0.889. The van der Waals surface area contributed by atoms with Gasteiger partial charge in [0.15, 0.2) is 0 Å². The van der Waals surface area contributed by atoms with E-state index in [2.05, 4.69) is 10.3 Å². The standard InChI is InChI=1S/C22H26F2N4O2S/c1-27(18-6-8-28(9-7-18)21(29)14-4-2-3-5-14)22(30)26-19-13-25-20(31-19)15-10-16(23)12-17(24)11-15/h10-14,18H,2-9H2,1H3,(H,26,30). The number of piperidine rings is 1. The lowest BCUT2D eigenvalue weighted by Gasteiger charge is -2.37. The van der Waals surface area contributed by atoms with Crippen molar-refractivity contribution in [3.05, 3.63) is 36.0 Å². The Labute approximate surface area is 184 Å². The molecular formula is C22H26F2N4O2S. The monoisotopic (exact) mass is 448 g/mol. The molecule has 1 saturated heterocycles. The van der Waals surface area contributed by atoms with Gasteiger partial charge in [0.2, 0.25) is 5.91 Å². The Balaban J connectivity index is 1.31.